The predicted molar refractivity (Wildman–Crippen MR) is 112 cm³/mol. The van der Waals surface area contributed by atoms with E-state index in [1.165, 1.54) is 12.1 Å². The Kier molecular flexibility index (Phi) is 5.93. The molecule has 30 heavy (non-hydrogen) atoms. The molecule has 0 bridgehead atoms. The molecular weight excluding hydrogens is 429 g/mol. The normalized spacial score (nSPS) is 15.0. The van der Waals surface area contributed by atoms with E-state index < -0.39 is 10.0 Å². The van der Waals surface area contributed by atoms with Crippen LogP contribution in [0.15, 0.2) is 47.4 Å². The Morgan fingerprint density at radius 3 is 2.60 bits per heavy atom. The Hall–Kier alpha value is -2.63. The minimum absolute atomic E-state index is 0.0113. The zero-order chi connectivity index (χ0) is 21.1. The lowest BCUT2D eigenvalue weighted by atomic mass is 10.2. The summed E-state index contributed by atoms with van der Waals surface area (Å²) in [5.74, 6) is -0.420. The topological polar surface area (TPSA) is 95.5 Å². The lowest BCUT2D eigenvalue weighted by molar-refractivity contribution is -0.131. The summed E-state index contributed by atoms with van der Waals surface area (Å²) in [5, 5.41) is 0. The van der Waals surface area contributed by atoms with Crippen molar-refractivity contribution in [1.29, 1.82) is 0 Å². The molecule has 4 rings (SSSR count). The Labute approximate surface area is 177 Å². The predicted octanol–water partition coefficient (Wildman–Crippen LogP) is 1.85. The molecule has 0 unspecified atom stereocenters. The number of rotatable bonds is 6. The van der Waals surface area contributed by atoms with Gasteiger partial charge in [0.2, 0.25) is 15.9 Å². The Morgan fingerprint density at radius 2 is 1.83 bits per heavy atom. The SMILES string of the molecule is O=C(CCNS(=O)(=O)c1cccc2nsnc12)N1CCN(c2ccccc2F)CC1. The molecule has 1 N–H and O–H groups in total. The van der Waals surface area contributed by atoms with Crippen molar-refractivity contribution in [1.82, 2.24) is 18.4 Å². The first-order chi connectivity index (χ1) is 14.5. The van der Waals surface area contributed by atoms with E-state index in [9.17, 15) is 17.6 Å². The second-order valence-corrected chi connectivity index (χ2v) is 9.12. The van der Waals surface area contributed by atoms with Crippen LogP contribution in [-0.2, 0) is 14.8 Å². The van der Waals surface area contributed by atoms with Crippen LogP contribution >= 0.6 is 11.7 Å². The van der Waals surface area contributed by atoms with Gasteiger partial charge in [0.15, 0.2) is 0 Å². The molecular formula is C19H20FN5O3S2. The largest absolute Gasteiger partial charge is 0.366 e. The van der Waals surface area contributed by atoms with Crippen molar-refractivity contribution >= 4 is 44.4 Å². The summed E-state index contributed by atoms with van der Waals surface area (Å²) >= 11 is 0.950. The summed E-state index contributed by atoms with van der Waals surface area (Å²) in [4.78, 5) is 16.1. The zero-order valence-corrected chi connectivity index (χ0v) is 17.6. The highest BCUT2D eigenvalue weighted by molar-refractivity contribution is 7.89. The van der Waals surface area contributed by atoms with Gasteiger partial charge in [0.05, 0.1) is 17.4 Å². The first kappa shape index (κ1) is 20.6. The van der Waals surface area contributed by atoms with E-state index in [1.807, 2.05) is 4.90 Å². The number of nitrogens with zero attached hydrogens (tertiary/aromatic N) is 4. The molecule has 1 fully saturated rings. The third-order valence-electron chi connectivity index (χ3n) is 4.99. The molecule has 0 atom stereocenters. The van der Waals surface area contributed by atoms with Gasteiger partial charge in [0.1, 0.15) is 21.7 Å². The van der Waals surface area contributed by atoms with E-state index in [4.69, 9.17) is 0 Å². The van der Waals surface area contributed by atoms with Gasteiger partial charge in [-0.3, -0.25) is 4.79 Å². The van der Waals surface area contributed by atoms with E-state index in [-0.39, 0.29) is 29.6 Å². The van der Waals surface area contributed by atoms with Crippen LogP contribution in [0.25, 0.3) is 11.0 Å². The smallest absolute Gasteiger partial charge is 0.242 e. The van der Waals surface area contributed by atoms with Crippen LogP contribution in [0.4, 0.5) is 10.1 Å². The highest BCUT2D eigenvalue weighted by Crippen LogP contribution is 2.22. The molecule has 2 aromatic carbocycles. The van der Waals surface area contributed by atoms with E-state index in [0.717, 1.165) is 11.7 Å². The number of amides is 1. The van der Waals surface area contributed by atoms with Crippen LogP contribution in [0.1, 0.15) is 6.42 Å². The number of piperazine rings is 1. The van der Waals surface area contributed by atoms with Gasteiger partial charge >= 0.3 is 0 Å². The van der Waals surface area contributed by atoms with Gasteiger partial charge in [-0.1, -0.05) is 18.2 Å². The zero-order valence-electron chi connectivity index (χ0n) is 16.0. The molecule has 0 aliphatic carbocycles. The summed E-state index contributed by atoms with van der Waals surface area (Å²) in [6.07, 6.45) is 0.0459. The van der Waals surface area contributed by atoms with Gasteiger partial charge in [-0.2, -0.15) is 8.75 Å². The fourth-order valence-electron chi connectivity index (χ4n) is 3.43. The number of hydrogen-bond acceptors (Lipinski definition) is 7. The highest BCUT2D eigenvalue weighted by Gasteiger charge is 2.24. The second kappa shape index (κ2) is 8.62. The van der Waals surface area contributed by atoms with E-state index in [0.29, 0.717) is 42.9 Å². The molecule has 1 saturated heterocycles. The number of hydrogen-bond donors (Lipinski definition) is 1. The molecule has 0 radical (unpaired) electrons. The van der Waals surface area contributed by atoms with Crippen molar-refractivity contribution in [2.75, 3.05) is 37.6 Å². The average molecular weight is 450 g/mol. The first-order valence-corrected chi connectivity index (χ1v) is 11.7. The van der Waals surface area contributed by atoms with Crippen molar-refractivity contribution < 1.29 is 17.6 Å². The number of carbonyl (C=O) groups excluding carboxylic acids is 1. The van der Waals surface area contributed by atoms with Crippen LogP contribution in [0.3, 0.4) is 0 Å². The third kappa shape index (κ3) is 4.27. The molecule has 3 aromatic rings. The molecule has 1 aliphatic rings. The van der Waals surface area contributed by atoms with Crippen LogP contribution < -0.4 is 9.62 Å². The first-order valence-electron chi connectivity index (χ1n) is 9.44. The maximum Gasteiger partial charge on any atom is 0.242 e. The Morgan fingerprint density at radius 1 is 1.07 bits per heavy atom. The number of halogens is 1. The molecule has 2 heterocycles. The van der Waals surface area contributed by atoms with Gasteiger partial charge < -0.3 is 9.80 Å². The molecule has 8 nitrogen and oxygen atoms in total. The van der Waals surface area contributed by atoms with Gasteiger partial charge in [0.25, 0.3) is 0 Å². The molecule has 0 saturated carbocycles. The monoisotopic (exact) mass is 449 g/mol. The summed E-state index contributed by atoms with van der Waals surface area (Å²) in [6, 6.07) is 11.3. The third-order valence-corrected chi connectivity index (χ3v) is 7.03. The molecule has 158 valence electrons. The maximum absolute atomic E-state index is 13.9. The van der Waals surface area contributed by atoms with Gasteiger partial charge in [-0.25, -0.2) is 17.5 Å². The van der Waals surface area contributed by atoms with Crippen LogP contribution in [0.2, 0.25) is 0 Å². The lowest BCUT2D eigenvalue weighted by Crippen LogP contribution is -2.49. The number of aromatic nitrogens is 2. The van der Waals surface area contributed by atoms with Crippen molar-refractivity contribution in [2.45, 2.75) is 11.3 Å². The molecule has 0 spiro atoms. The van der Waals surface area contributed by atoms with Crippen molar-refractivity contribution in [2.24, 2.45) is 0 Å². The minimum atomic E-state index is -3.80. The van der Waals surface area contributed by atoms with Gasteiger partial charge in [-0.15, -0.1) is 0 Å². The van der Waals surface area contributed by atoms with Crippen LogP contribution in [0, 0.1) is 5.82 Å². The summed E-state index contributed by atoms with van der Waals surface area (Å²) in [5.41, 5.74) is 1.38. The second-order valence-electron chi connectivity index (χ2n) is 6.86. The fourth-order valence-corrected chi connectivity index (χ4v) is 5.23. The van der Waals surface area contributed by atoms with Crippen LogP contribution in [-0.4, -0.2) is 60.7 Å². The van der Waals surface area contributed by atoms with Gasteiger partial charge in [-0.05, 0) is 24.3 Å². The number of carbonyl (C=O) groups is 1. The quantitative estimate of drug-likeness (QED) is 0.617. The number of sulfonamides is 1. The Bertz CT molecular complexity index is 1160. The van der Waals surface area contributed by atoms with Crippen molar-refractivity contribution in [3.05, 3.63) is 48.3 Å². The standard InChI is InChI=1S/C19H20FN5O3S2/c20-14-4-1-2-6-16(14)24-10-12-25(13-11-24)18(26)8-9-21-30(27,28)17-7-3-5-15-19(17)23-29-22-15/h1-7,21H,8-13H2. The number of fused-ring (bicyclic) bond motifs is 1. The van der Waals surface area contributed by atoms with Crippen LogP contribution in [0.5, 0.6) is 0 Å². The summed E-state index contributed by atoms with van der Waals surface area (Å²) < 4.78 is 49.7. The maximum atomic E-state index is 13.9. The summed E-state index contributed by atoms with van der Waals surface area (Å²) in [7, 11) is -3.80. The Balaban J connectivity index is 1.30. The van der Waals surface area contributed by atoms with Crippen molar-refractivity contribution in [3.63, 3.8) is 0 Å². The number of nitrogens with one attached hydrogen (secondary N) is 1. The van der Waals surface area contributed by atoms with Crippen molar-refractivity contribution in [3.8, 4) is 0 Å². The van der Waals surface area contributed by atoms with E-state index in [2.05, 4.69) is 13.5 Å². The number of para-hydroxylation sites is 1. The van der Waals surface area contributed by atoms with E-state index in [1.54, 1.807) is 35.2 Å². The number of benzene rings is 2. The lowest BCUT2D eigenvalue weighted by Gasteiger charge is -2.36. The van der Waals surface area contributed by atoms with Gasteiger partial charge in [0, 0.05) is 39.1 Å². The number of anilines is 1. The fraction of sp³-hybridized carbons (Fsp3) is 0.316. The minimum Gasteiger partial charge on any atom is -0.366 e. The van der Waals surface area contributed by atoms with E-state index >= 15 is 0 Å². The molecule has 1 aromatic heterocycles. The average Bonchev–Trinajstić information content (AvgIpc) is 3.23. The molecule has 1 aliphatic heterocycles. The summed E-state index contributed by atoms with van der Waals surface area (Å²) in [6.45, 7) is 1.96. The molecule has 11 heteroatoms. The molecule has 1 amide bonds. The highest BCUT2D eigenvalue weighted by atomic mass is 32.2.